The molecule has 0 aliphatic rings. The van der Waals surface area contributed by atoms with Crippen molar-refractivity contribution in [2.75, 3.05) is 39.6 Å². The largest absolute Gasteiger partial charge is 0.472 e. The average Bonchev–Trinajstić information content (AvgIpc) is 0.900. The number of carbonyl (C=O) groups is 4. The van der Waals surface area contributed by atoms with Gasteiger partial charge in [0.05, 0.1) is 26.4 Å². The molecular formula is C90H176O17P2. The Morgan fingerprint density at radius 3 is 0.651 bits per heavy atom. The number of esters is 4. The molecule has 0 rings (SSSR count). The first-order chi connectivity index (χ1) is 53.1. The third-order valence-corrected chi connectivity index (χ3v) is 23.5. The van der Waals surface area contributed by atoms with Crippen molar-refractivity contribution < 1.29 is 80.2 Å². The summed E-state index contributed by atoms with van der Waals surface area (Å²) in [7, 11) is -9.93. The van der Waals surface area contributed by atoms with Crippen LogP contribution in [0.15, 0.2) is 0 Å². The maximum absolute atomic E-state index is 13.2. The first-order valence-electron chi connectivity index (χ1n) is 46.7. The van der Waals surface area contributed by atoms with Gasteiger partial charge in [-0.1, -0.05) is 439 Å². The van der Waals surface area contributed by atoms with E-state index >= 15 is 0 Å². The molecule has 0 bridgehead atoms. The van der Waals surface area contributed by atoms with E-state index < -0.39 is 97.5 Å². The van der Waals surface area contributed by atoms with Gasteiger partial charge in [0, 0.05) is 25.7 Å². The summed E-state index contributed by atoms with van der Waals surface area (Å²) in [5.74, 6) is -1.25. The van der Waals surface area contributed by atoms with Crippen LogP contribution >= 0.6 is 15.6 Å². The van der Waals surface area contributed by atoms with Crippen LogP contribution in [0.4, 0.5) is 0 Å². The van der Waals surface area contributed by atoms with Crippen molar-refractivity contribution in [2.45, 2.75) is 509 Å². The van der Waals surface area contributed by atoms with Crippen LogP contribution in [0.25, 0.3) is 0 Å². The standard InChI is InChI=1S/C90H176O17P2/c1-6-10-13-16-19-22-25-27-29-31-33-35-37-39-41-46-50-55-60-65-70-75-89(94)107-86(80-101-88(93)74-69-64-59-54-49-45-40-38-36-34-32-30-28-26-23-20-17-14-11-7-2)82-105-109(98,99)103-78-84(91)77-102-108(96,97)104-81-85(79-100-87(92)73-68-63-58-53-24-21-18-15-12-8-3)106-90(95)76-71-66-61-56-51-47-43-42-44-48-52-57-62-67-72-83(5)9-4/h83-86,91H,6-82H2,1-5H3,(H,96,97)(H,98,99)/t83?,84-,85+,86+/m0/s1. The van der Waals surface area contributed by atoms with E-state index in [1.54, 1.807) is 0 Å². The van der Waals surface area contributed by atoms with Crippen LogP contribution < -0.4 is 0 Å². The van der Waals surface area contributed by atoms with Gasteiger partial charge in [-0.3, -0.25) is 37.3 Å². The number of hydrogen-bond acceptors (Lipinski definition) is 15. The van der Waals surface area contributed by atoms with E-state index in [1.807, 2.05) is 0 Å². The van der Waals surface area contributed by atoms with Crippen LogP contribution in [0.3, 0.4) is 0 Å². The number of carbonyl (C=O) groups excluding carboxylic acids is 4. The molecule has 0 aromatic rings. The van der Waals surface area contributed by atoms with Crippen LogP contribution in [-0.4, -0.2) is 96.7 Å². The topological polar surface area (TPSA) is 237 Å². The summed E-state index contributed by atoms with van der Waals surface area (Å²) in [6.07, 6.45) is 77.8. The second kappa shape index (κ2) is 82.6. The van der Waals surface area contributed by atoms with Gasteiger partial charge < -0.3 is 33.8 Å². The number of phosphoric ester groups is 2. The highest BCUT2D eigenvalue weighted by Crippen LogP contribution is 2.45. The van der Waals surface area contributed by atoms with Crippen molar-refractivity contribution >= 4 is 39.5 Å². The lowest BCUT2D eigenvalue weighted by molar-refractivity contribution is -0.161. The highest BCUT2D eigenvalue weighted by Gasteiger charge is 2.31. The van der Waals surface area contributed by atoms with Crippen LogP contribution in [0.5, 0.6) is 0 Å². The minimum atomic E-state index is -4.97. The van der Waals surface area contributed by atoms with Gasteiger partial charge in [-0.15, -0.1) is 0 Å². The highest BCUT2D eigenvalue weighted by atomic mass is 31.2. The molecule has 0 aliphatic carbocycles. The van der Waals surface area contributed by atoms with Crippen molar-refractivity contribution in [1.29, 1.82) is 0 Å². The van der Waals surface area contributed by atoms with Gasteiger partial charge in [0.15, 0.2) is 12.2 Å². The monoisotopic (exact) mass is 1590 g/mol. The summed E-state index contributed by atoms with van der Waals surface area (Å²) in [5, 5.41) is 10.7. The molecule has 0 spiro atoms. The molecule has 648 valence electrons. The molecule has 0 aromatic heterocycles. The third kappa shape index (κ3) is 82.4. The second-order valence-electron chi connectivity index (χ2n) is 32.6. The number of rotatable bonds is 90. The van der Waals surface area contributed by atoms with E-state index in [2.05, 4.69) is 34.6 Å². The minimum Gasteiger partial charge on any atom is -0.462 e. The Morgan fingerprint density at radius 2 is 0.440 bits per heavy atom. The zero-order chi connectivity index (χ0) is 79.7. The molecule has 109 heavy (non-hydrogen) atoms. The first kappa shape index (κ1) is 107. The van der Waals surface area contributed by atoms with E-state index in [1.165, 1.54) is 315 Å². The van der Waals surface area contributed by atoms with Crippen LogP contribution in [0.2, 0.25) is 0 Å². The Balaban J connectivity index is 5.22. The molecule has 0 aromatic carbocycles. The summed E-state index contributed by atoms with van der Waals surface area (Å²) in [5.41, 5.74) is 0. The molecule has 0 aliphatic heterocycles. The quantitative estimate of drug-likeness (QED) is 0.0222. The lowest BCUT2D eigenvalue weighted by atomic mass is 9.99. The Labute approximate surface area is 670 Å². The van der Waals surface area contributed by atoms with E-state index in [-0.39, 0.29) is 25.7 Å². The average molecular weight is 1590 g/mol. The molecule has 0 fully saturated rings. The molecule has 0 radical (unpaired) electrons. The predicted octanol–water partition coefficient (Wildman–Crippen LogP) is 27.9. The van der Waals surface area contributed by atoms with Gasteiger partial charge in [-0.05, 0) is 31.6 Å². The molecule has 3 N–H and O–H groups in total. The van der Waals surface area contributed by atoms with Crippen molar-refractivity contribution in [2.24, 2.45) is 5.92 Å². The second-order valence-corrected chi connectivity index (χ2v) is 35.5. The molecule has 17 nitrogen and oxygen atoms in total. The smallest absolute Gasteiger partial charge is 0.462 e. The molecule has 6 atom stereocenters. The van der Waals surface area contributed by atoms with Crippen molar-refractivity contribution in [3.05, 3.63) is 0 Å². The fourth-order valence-electron chi connectivity index (χ4n) is 14.1. The zero-order valence-electron chi connectivity index (χ0n) is 71.7. The number of aliphatic hydroxyl groups is 1. The summed E-state index contributed by atoms with van der Waals surface area (Å²) < 4.78 is 69.0. The van der Waals surface area contributed by atoms with Gasteiger partial charge >= 0.3 is 39.5 Å². The lowest BCUT2D eigenvalue weighted by Crippen LogP contribution is -2.30. The van der Waals surface area contributed by atoms with E-state index in [0.29, 0.717) is 25.7 Å². The van der Waals surface area contributed by atoms with Crippen molar-refractivity contribution in [1.82, 2.24) is 0 Å². The summed E-state index contributed by atoms with van der Waals surface area (Å²) >= 11 is 0. The normalized spacial score (nSPS) is 13.9. The lowest BCUT2D eigenvalue weighted by Gasteiger charge is -2.21. The van der Waals surface area contributed by atoms with Crippen LogP contribution in [-0.2, 0) is 65.4 Å². The van der Waals surface area contributed by atoms with Gasteiger partial charge in [0.25, 0.3) is 0 Å². The molecular weight excluding hydrogens is 1410 g/mol. The number of ether oxygens (including phenoxy) is 4. The fourth-order valence-corrected chi connectivity index (χ4v) is 15.7. The summed E-state index contributed by atoms with van der Waals surface area (Å²) in [6.45, 7) is 7.43. The van der Waals surface area contributed by atoms with Gasteiger partial charge in [0.2, 0.25) is 0 Å². The van der Waals surface area contributed by atoms with Crippen LogP contribution in [0, 0.1) is 5.92 Å². The highest BCUT2D eigenvalue weighted by molar-refractivity contribution is 7.47. The minimum absolute atomic E-state index is 0.108. The van der Waals surface area contributed by atoms with Crippen molar-refractivity contribution in [3.63, 3.8) is 0 Å². The van der Waals surface area contributed by atoms with Crippen molar-refractivity contribution in [3.8, 4) is 0 Å². The first-order valence-corrected chi connectivity index (χ1v) is 49.7. The molecule has 0 saturated carbocycles. The Bertz CT molecular complexity index is 2070. The zero-order valence-corrected chi connectivity index (χ0v) is 73.5. The van der Waals surface area contributed by atoms with E-state index in [4.69, 9.17) is 37.0 Å². The van der Waals surface area contributed by atoms with Gasteiger partial charge in [0.1, 0.15) is 19.3 Å². The molecule has 0 heterocycles. The van der Waals surface area contributed by atoms with Crippen LogP contribution in [0.1, 0.15) is 490 Å². The molecule has 0 saturated heterocycles. The van der Waals surface area contributed by atoms with E-state index in [9.17, 15) is 43.2 Å². The number of aliphatic hydroxyl groups excluding tert-OH is 1. The maximum atomic E-state index is 13.2. The molecule has 3 unspecified atom stereocenters. The SMILES string of the molecule is CCCCCCCCCCCCCCCCCCCCCCCC(=O)O[C@H](COC(=O)CCCCCCCCCCCCCCCCCCCCCC)COP(=O)(O)OC[C@@H](O)COP(=O)(O)OC[C@@H](COC(=O)CCCCCCCCCCCC)OC(=O)CCCCCCCCCCCCCCCCC(C)CC. The summed E-state index contributed by atoms with van der Waals surface area (Å²) in [6, 6.07) is 0. The van der Waals surface area contributed by atoms with Gasteiger partial charge in [-0.25, -0.2) is 9.13 Å². The number of unbranched alkanes of at least 4 members (excludes halogenated alkanes) is 61. The fraction of sp³-hybridized carbons (Fsp3) is 0.956. The Morgan fingerprint density at radius 1 is 0.257 bits per heavy atom. The Kier molecular flexibility index (Phi) is 81.1. The molecule has 0 amide bonds. The number of hydrogen-bond donors (Lipinski definition) is 3. The maximum Gasteiger partial charge on any atom is 0.472 e. The summed E-state index contributed by atoms with van der Waals surface area (Å²) in [4.78, 5) is 73.3. The van der Waals surface area contributed by atoms with Gasteiger partial charge in [-0.2, -0.15) is 0 Å². The molecule has 19 heteroatoms. The third-order valence-electron chi connectivity index (χ3n) is 21.6. The predicted molar refractivity (Wildman–Crippen MR) is 451 cm³/mol. The number of phosphoric acid groups is 2. The Hall–Kier alpha value is -1.94. The van der Waals surface area contributed by atoms with E-state index in [0.717, 1.165) is 95.8 Å².